The number of pyridine rings is 1. The molecule has 0 saturated carbocycles. The minimum Gasteiger partial charge on any atom is -0.298 e. The van der Waals surface area contributed by atoms with Crippen molar-refractivity contribution in [2.24, 2.45) is 0 Å². The van der Waals surface area contributed by atoms with Crippen LogP contribution in [-0.4, -0.2) is 11.3 Å². The molecule has 1 aromatic heterocycles. The molecule has 0 saturated heterocycles. The van der Waals surface area contributed by atoms with Gasteiger partial charge in [-0.25, -0.2) is 4.39 Å². The Bertz CT molecular complexity index is 762. The molecule has 2 aromatic carbocycles. The number of nitrogens with zero attached hydrogens (tertiary/aromatic N) is 1. The van der Waals surface area contributed by atoms with Crippen molar-refractivity contribution in [2.45, 2.75) is 0 Å². The van der Waals surface area contributed by atoms with Gasteiger partial charge in [0.2, 0.25) is 0 Å². The third kappa shape index (κ3) is 1.99. The second kappa shape index (κ2) is 4.61. The summed E-state index contributed by atoms with van der Waals surface area (Å²) in [5.74, 6) is -0.345. The number of rotatable bonds is 2. The zero-order valence-electron chi connectivity index (χ0n) is 10.0. The highest BCUT2D eigenvalue weighted by molar-refractivity contribution is 5.95. The van der Waals surface area contributed by atoms with E-state index >= 15 is 0 Å². The Balaban J connectivity index is 2.33. The molecule has 0 radical (unpaired) electrons. The van der Waals surface area contributed by atoms with Gasteiger partial charge >= 0.3 is 0 Å². The molecule has 0 aliphatic rings. The smallest absolute Gasteiger partial charge is 0.150 e. The molecule has 0 unspecified atom stereocenters. The summed E-state index contributed by atoms with van der Waals surface area (Å²) in [4.78, 5) is 15.1. The molecule has 0 N–H and O–H groups in total. The molecule has 0 fully saturated rings. The van der Waals surface area contributed by atoms with E-state index < -0.39 is 0 Å². The molecule has 19 heavy (non-hydrogen) atoms. The quantitative estimate of drug-likeness (QED) is 0.647. The minimum atomic E-state index is -0.345. The van der Waals surface area contributed by atoms with Crippen LogP contribution in [0, 0.1) is 5.82 Å². The van der Waals surface area contributed by atoms with Crippen molar-refractivity contribution >= 4 is 17.2 Å². The van der Waals surface area contributed by atoms with Gasteiger partial charge in [-0.05, 0) is 35.9 Å². The van der Waals surface area contributed by atoms with E-state index in [0.717, 1.165) is 16.5 Å². The van der Waals surface area contributed by atoms with Gasteiger partial charge in [0.15, 0.2) is 0 Å². The van der Waals surface area contributed by atoms with Gasteiger partial charge in [-0.2, -0.15) is 0 Å². The number of aromatic nitrogens is 1. The van der Waals surface area contributed by atoms with Crippen LogP contribution in [0.15, 0.2) is 54.7 Å². The van der Waals surface area contributed by atoms with E-state index in [4.69, 9.17) is 0 Å². The fourth-order valence-electron chi connectivity index (χ4n) is 2.16. The first-order chi connectivity index (χ1) is 9.29. The van der Waals surface area contributed by atoms with Gasteiger partial charge in [0.1, 0.15) is 12.1 Å². The number of halogens is 1. The average Bonchev–Trinajstić information content (AvgIpc) is 2.47. The molecule has 3 aromatic rings. The van der Waals surface area contributed by atoms with E-state index in [9.17, 15) is 9.18 Å². The molecular formula is C16H10FNO. The van der Waals surface area contributed by atoms with E-state index in [1.54, 1.807) is 12.3 Å². The topological polar surface area (TPSA) is 30.0 Å². The fraction of sp³-hybridized carbons (Fsp3) is 0. The monoisotopic (exact) mass is 251 g/mol. The van der Waals surface area contributed by atoms with Crippen LogP contribution in [0.2, 0.25) is 0 Å². The van der Waals surface area contributed by atoms with Gasteiger partial charge in [0, 0.05) is 22.7 Å². The molecule has 1 heterocycles. The number of fused-ring (bicyclic) bond motifs is 1. The SMILES string of the molecule is O=Cc1ccc(F)c(-c2cccc3ncccc23)c1. The predicted octanol–water partition coefficient (Wildman–Crippen LogP) is 3.85. The van der Waals surface area contributed by atoms with Crippen LogP contribution in [0.5, 0.6) is 0 Å². The Labute approximate surface area is 109 Å². The molecule has 0 aliphatic heterocycles. The highest BCUT2D eigenvalue weighted by Gasteiger charge is 2.09. The van der Waals surface area contributed by atoms with Crippen molar-refractivity contribution in [3.05, 3.63) is 66.1 Å². The first kappa shape index (κ1) is 11.5. The summed E-state index contributed by atoms with van der Waals surface area (Å²) in [6.07, 6.45) is 2.41. The third-order valence-corrected chi connectivity index (χ3v) is 3.06. The van der Waals surface area contributed by atoms with Gasteiger partial charge in [0.05, 0.1) is 5.52 Å². The van der Waals surface area contributed by atoms with Crippen molar-refractivity contribution in [2.75, 3.05) is 0 Å². The summed E-state index contributed by atoms with van der Waals surface area (Å²) in [5.41, 5.74) is 2.42. The summed E-state index contributed by atoms with van der Waals surface area (Å²) in [7, 11) is 0. The zero-order valence-corrected chi connectivity index (χ0v) is 10.0. The van der Waals surface area contributed by atoms with Crippen molar-refractivity contribution < 1.29 is 9.18 Å². The molecule has 3 rings (SSSR count). The number of aldehydes is 1. The molecule has 0 bridgehead atoms. The summed E-state index contributed by atoms with van der Waals surface area (Å²) in [5, 5.41) is 0.868. The van der Waals surface area contributed by atoms with Crippen molar-refractivity contribution in [1.29, 1.82) is 0 Å². The Hall–Kier alpha value is -2.55. The molecule has 2 nitrogen and oxygen atoms in total. The Morgan fingerprint density at radius 3 is 2.74 bits per heavy atom. The summed E-state index contributed by atoms with van der Waals surface area (Å²) in [6.45, 7) is 0. The highest BCUT2D eigenvalue weighted by Crippen LogP contribution is 2.30. The maximum Gasteiger partial charge on any atom is 0.150 e. The van der Waals surface area contributed by atoms with Gasteiger partial charge in [-0.15, -0.1) is 0 Å². The molecule has 0 aliphatic carbocycles. The maximum atomic E-state index is 14.0. The van der Waals surface area contributed by atoms with E-state index in [0.29, 0.717) is 17.4 Å². The number of hydrogen-bond acceptors (Lipinski definition) is 2. The zero-order chi connectivity index (χ0) is 13.2. The van der Waals surface area contributed by atoms with Gasteiger partial charge in [-0.3, -0.25) is 9.78 Å². The lowest BCUT2D eigenvalue weighted by atomic mass is 9.98. The van der Waals surface area contributed by atoms with Crippen molar-refractivity contribution in [3.8, 4) is 11.1 Å². The average molecular weight is 251 g/mol. The second-order valence-electron chi connectivity index (χ2n) is 4.23. The Morgan fingerprint density at radius 2 is 1.89 bits per heavy atom. The van der Waals surface area contributed by atoms with E-state index in [1.165, 1.54) is 12.1 Å². The van der Waals surface area contributed by atoms with Gasteiger partial charge < -0.3 is 0 Å². The van der Waals surface area contributed by atoms with Crippen LogP contribution >= 0.6 is 0 Å². The van der Waals surface area contributed by atoms with Crippen molar-refractivity contribution in [3.63, 3.8) is 0 Å². The summed E-state index contributed by atoms with van der Waals surface area (Å²) in [6, 6.07) is 13.6. The fourth-order valence-corrected chi connectivity index (χ4v) is 2.16. The Morgan fingerprint density at radius 1 is 1.00 bits per heavy atom. The highest BCUT2D eigenvalue weighted by atomic mass is 19.1. The maximum absolute atomic E-state index is 14.0. The van der Waals surface area contributed by atoms with Crippen molar-refractivity contribution in [1.82, 2.24) is 4.98 Å². The van der Waals surface area contributed by atoms with Crippen LogP contribution in [0.1, 0.15) is 10.4 Å². The van der Waals surface area contributed by atoms with Crippen LogP contribution < -0.4 is 0 Å². The van der Waals surface area contributed by atoms with Gasteiger partial charge in [0.25, 0.3) is 0 Å². The molecular weight excluding hydrogens is 241 g/mol. The predicted molar refractivity (Wildman–Crippen MR) is 72.5 cm³/mol. The standard InChI is InChI=1S/C16H10FNO/c17-15-7-6-11(10-19)9-14(15)12-3-1-5-16-13(12)4-2-8-18-16/h1-10H. The van der Waals surface area contributed by atoms with E-state index in [2.05, 4.69) is 4.98 Å². The normalized spacial score (nSPS) is 10.6. The first-order valence-electron chi connectivity index (χ1n) is 5.88. The first-order valence-corrected chi connectivity index (χ1v) is 5.88. The largest absolute Gasteiger partial charge is 0.298 e. The Kier molecular flexibility index (Phi) is 2.80. The summed E-state index contributed by atoms with van der Waals surface area (Å²) >= 11 is 0. The second-order valence-corrected chi connectivity index (χ2v) is 4.23. The van der Waals surface area contributed by atoms with Crippen LogP contribution in [0.4, 0.5) is 4.39 Å². The number of carbonyl (C=O) groups excluding carboxylic acids is 1. The molecule has 0 amide bonds. The van der Waals surface area contributed by atoms with Crippen LogP contribution in [-0.2, 0) is 0 Å². The van der Waals surface area contributed by atoms with Crippen LogP contribution in [0.25, 0.3) is 22.0 Å². The lowest BCUT2D eigenvalue weighted by Gasteiger charge is -2.08. The minimum absolute atomic E-state index is 0.345. The molecule has 3 heteroatoms. The van der Waals surface area contributed by atoms with E-state index in [1.807, 2.05) is 30.3 Å². The van der Waals surface area contributed by atoms with Crippen LogP contribution in [0.3, 0.4) is 0 Å². The molecule has 0 atom stereocenters. The molecule has 0 spiro atoms. The van der Waals surface area contributed by atoms with E-state index in [-0.39, 0.29) is 5.82 Å². The lowest BCUT2D eigenvalue weighted by Crippen LogP contribution is -1.90. The number of benzene rings is 2. The van der Waals surface area contributed by atoms with Gasteiger partial charge in [-0.1, -0.05) is 18.2 Å². The number of hydrogen-bond donors (Lipinski definition) is 0. The lowest BCUT2D eigenvalue weighted by molar-refractivity contribution is 0.112. The summed E-state index contributed by atoms with van der Waals surface area (Å²) < 4.78 is 14.0. The number of carbonyl (C=O) groups is 1. The molecule has 92 valence electrons. The third-order valence-electron chi connectivity index (χ3n) is 3.06.